The van der Waals surface area contributed by atoms with Gasteiger partial charge in [0.15, 0.2) is 0 Å². The molecule has 0 saturated heterocycles. The zero-order valence-corrected chi connectivity index (χ0v) is 13.8. The zero-order chi connectivity index (χ0) is 15.5. The molecule has 1 aliphatic rings. The van der Waals surface area contributed by atoms with Crippen LogP contribution >= 0.6 is 0 Å². The summed E-state index contributed by atoms with van der Waals surface area (Å²) < 4.78 is 28.1. The molecular weight excluding hydrogens is 286 g/mol. The van der Waals surface area contributed by atoms with Crippen LogP contribution in [0, 0.1) is 5.41 Å². The Balaban J connectivity index is 2.19. The predicted octanol–water partition coefficient (Wildman–Crippen LogP) is 2.76. The molecule has 2 N–H and O–H groups in total. The number of nitrogens with one attached hydrogen (secondary N) is 2. The Hall–Kier alpha value is -1.14. The molecule has 1 unspecified atom stereocenters. The molecule has 1 fully saturated rings. The maximum atomic E-state index is 12.6. The van der Waals surface area contributed by atoms with E-state index in [9.17, 15) is 8.42 Å². The van der Waals surface area contributed by atoms with Crippen LogP contribution in [0.25, 0.3) is 0 Å². The summed E-state index contributed by atoms with van der Waals surface area (Å²) in [5, 5.41) is 3.08. The normalized spacial score (nSPS) is 22.0. The lowest BCUT2D eigenvalue weighted by Crippen LogP contribution is -2.40. The smallest absolute Gasteiger partial charge is 0.244 e. The van der Waals surface area contributed by atoms with Crippen LogP contribution in [0.3, 0.4) is 0 Å². The highest BCUT2D eigenvalue weighted by atomic mass is 32.2. The van der Waals surface area contributed by atoms with Gasteiger partial charge in [-0.2, -0.15) is 0 Å². The summed E-state index contributed by atoms with van der Waals surface area (Å²) in [5.74, 6) is 0. The molecule has 0 radical (unpaired) electrons. The first-order chi connectivity index (χ1) is 9.84. The van der Waals surface area contributed by atoms with Gasteiger partial charge in [-0.15, -0.1) is 0 Å². The molecule has 118 valence electrons. The fourth-order valence-electron chi connectivity index (χ4n) is 3.01. The topological polar surface area (TPSA) is 71.1 Å². The van der Waals surface area contributed by atoms with Gasteiger partial charge >= 0.3 is 0 Å². The van der Waals surface area contributed by atoms with Crippen molar-refractivity contribution < 1.29 is 8.42 Å². The Labute approximate surface area is 127 Å². The van der Waals surface area contributed by atoms with E-state index in [1.807, 2.05) is 6.92 Å². The van der Waals surface area contributed by atoms with Crippen LogP contribution in [-0.2, 0) is 10.0 Å². The van der Waals surface area contributed by atoms with Gasteiger partial charge in [-0.25, -0.2) is 13.1 Å². The molecule has 2 rings (SSSR count). The van der Waals surface area contributed by atoms with Crippen molar-refractivity contribution in [1.29, 1.82) is 0 Å². The van der Waals surface area contributed by atoms with E-state index in [0.717, 1.165) is 25.7 Å². The van der Waals surface area contributed by atoms with Crippen molar-refractivity contribution in [1.82, 2.24) is 9.71 Å². The van der Waals surface area contributed by atoms with Crippen molar-refractivity contribution in [2.75, 3.05) is 11.9 Å². The lowest BCUT2D eigenvalue weighted by Gasteiger charge is -2.35. The number of anilines is 1. The quantitative estimate of drug-likeness (QED) is 0.877. The van der Waals surface area contributed by atoms with E-state index in [1.54, 1.807) is 12.3 Å². The number of nitrogens with zero attached hydrogens (tertiary/aromatic N) is 1. The zero-order valence-electron chi connectivity index (χ0n) is 13.0. The lowest BCUT2D eigenvalue weighted by atomic mass is 9.75. The second kappa shape index (κ2) is 6.32. The Kier molecular flexibility index (Phi) is 4.88. The highest BCUT2D eigenvalue weighted by Crippen LogP contribution is 2.35. The van der Waals surface area contributed by atoms with Crippen molar-refractivity contribution in [3.05, 3.63) is 18.5 Å². The van der Waals surface area contributed by atoms with Gasteiger partial charge in [0.25, 0.3) is 0 Å². The van der Waals surface area contributed by atoms with E-state index in [2.05, 4.69) is 28.9 Å². The minimum Gasteiger partial charge on any atom is -0.384 e. The first kappa shape index (κ1) is 16.2. The Morgan fingerprint density at radius 2 is 2.19 bits per heavy atom. The molecule has 5 nitrogen and oxygen atoms in total. The summed E-state index contributed by atoms with van der Waals surface area (Å²) in [6.45, 7) is 7.00. The summed E-state index contributed by atoms with van der Waals surface area (Å²) in [6, 6.07) is 1.71. The number of pyridine rings is 1. The molecule has 0 aliphatic heterocycles. The van der Waals surface area contributed by atoms with Gasteiger partial charge in [-0.3, -0.25) is 4.98 Å². The number of hydrogen-bond acceptors (Lipinski definition) is 4. The van der Waals surface area contributed by atoms with Crippen LogP contribution < -0.4 is 10.0 Å². The average Bonchev–Trinajstić information content (AvgIpc) is 2.38. The maximum absolute atomic E-state index is 12.6. The predicted molar refractivity (Wildman–Crippen MR) is 84.8 cm³/mol. The minimum atomic E-state index is -3.54. The first-order valence-corrected chi connectivity index (χ1v) is 9.02. The first-order valence-electron chi connectivity index (χ1n) is 7.54. The summed E-state index contributed by atoms with van der Waals surface area (Å²) in [6.07, 6.45) is 7.01. The van der Waals surface area contributed by atoms with Crippen molar-refractivity contribution in [2.24, 2.45) is 5.41 Å². The molecule has 0 aromatic carbocycles. The Morgan fingerprint density at radius 1 is 1.43 bits per heavy atom. The van der Waals surface area contributed by atoms with Crippen molar-refractivity contribution in [3.8, 4) is 0 Å². The molecule has 1 heterocycles. The van der Waals surface area contributed by atoms with E-state index in [0.29, 0.717) is 12.2 Å². The van der Waals surface area contributed by atoms with Gasteiger partial charge in [0, 0.05) is 25.0 Å². The molecule has 21 heavy (non-hydrogen) atoms. The molecule has 1 aliphatic carbocycles. The second-order valence-electron chi connectivity index (χ2n) is 6.48. The molecule has 6 heteroatoms. The molecule has 1 saturated carbocycles. The minimum absolute atomic E-state index is 0.00781. The molecular formula is C15H25N3O2S. The molecule has 1 aromatic heterocycles. The van der Waals surface area contributed by atoms with Gasteiger partial charge in [-0.1, -0.05) is 20.3 Å². The lowest BCUT2D eigenvalue weighted by molar-refractivity contribution is 0.212. The molecule has 1 aromatic rings. The Bertz CT molecular complexity index is 584. The highest BCUT2D eigenvalue weighted by molar-refractivity contribution is 7.89. The third-order valence-electron chi connectivity index (χ3n) is 3.97. The van der Waals surface area contributed by atoms with E-state index in [-0.39, 0.29) is 16.4 Å². The number of hydrogen-bond donors (Lipinski definition) is 2. The van der Waals surface area contributed by atoms with Crippen LogP contribution in [0.1, 0.15) is 46.5 Å². The van der Waals surface area contributed by atoms with Crippen molar-refractivity contribution in [2.45, 2.75) is 57.4 Å². The van der Waals surface area contributed by atoms with Gasteiger partial charge in [0.2, 0.25) is 10.0 Å². The van der Waals surface area contributed by atoms with E-state index in [1.165, 1.54) is 6.20 Å². The maximum Gasteiger partial charge on any atom is 0.244 e. The van der Waals surface area contributed by atoms with Gasteiger partial charge in [0.1, 0.15) is 4.90 Å². The van der Waals surface area contributed by atoms with Crippen molar-refractivity contribution in [3.63, 3.8) is 0 Å². The summed E-state index contributed by atoms with van der Waals surface area (Å²) >= 11 is 0. The standard InChI is InChI=1S/C15H25N3O2S/c1-4-17-13-7-9-16-11-14(13)21(19,20)18-12-6-5-8-15(2,3)10-12/h7,9,11-12,18H,4-6,8,10H2,1-3H3,(H,16,17). The van der Waals surface area contributed by atoms with Crippen LogP contribution in [0.2, 0.25) is 0 Å². The number of sulfonamides is 1. The monoisotopic (exact) mass is 311 g/mol. The van der Waals surface area contributed by atoms with E-state index >= 15 is 0 Å². The largest absolute Gasteiger partial charge is 0.384 e. The molecule has 1 atom stereocenters. The molecule has 0 spiro atoms. The Morgan fingerprint density at radius 3 is 2.86 bits per heavy atom. The van der Waals surface area contributed by atoms with Gasteiger partial charge < -0.3 is 5.32 Å². The van der Waals surface area contributed by atoms with Crippen LogP contribution in [0.4, 0.5) is 5.69 Å². The van der Waals surface area contributed by atoms with Gasteiger partial charge in [0.05, 0.1) is 5.69 Å². The third kappa shape index (κ3) is 4.17. The summed E-state index contributed by atoms with van der Waals surface area (Å²) in [5.41, 5.74) is 0.806. The fourth-order valence-corrected chi connectivity index (χ4v) is 4.41. The van der Waals surface area contributed by atoms with Crippen LogP contribution in [0.5, 0.6) is 0 Å². The number of rotatable bonds is 5. The van der Waals surface area contributed by atoms with Crippen LogP contribution in [0.15, 0.2) is 23.4 Å². The molecule has 0 bridgehead atoms. The van der Waals surface area contributed by atoms with Gasteiger partial charge in [-0.05, 0) is 37.7 Å². The average molecular weight is 311 g/mol. The summed E-state index contributed by atoms with van der Waals surface area (Å²) in [7, 11) is -3.54. The van der Waals surface area contributed by atoms with E-state index in [4.69, 9.17) is 0 Å². The number of aromatic nitrogens is 1. The summed E-state index contributed by atoms with van der Waals surface area (Å²) in [4.78, 5) is 4.19. The van der Waals surface area contributed by atoms with Crippen molar-refractivity contribution >= 4 is 15.7 Å². The van der Waals surface area contributed by atoms with E-state index < -0.39 is 10.0 Å². The SMILES string of the molecule is CCNc1ccncc1S(=O)(=O)NC1CCCC(C)(C)C1. The highest BCUT2D eigenvalue weighted by Gasteiger charge is 2.31. The molecule has 0 amide bonds. The third-order valence-corrected chi connectivity index (χ3v) is 5.52. The fraction of sp³-hybridized carbons (Fsp3) is 0.667. The second-order valence-corrected chi connectivity index (χ2v) is 8.16. The van der Waals surface area contributed by atoms with Crippen LogP contribution in [-0.4, -0.2) is 26.0 Å².